The number of carbonyl (C=O) groups excluding carboxylic acids is 1. The Morgan fingerprint density at radius 1 is 1.15 bits per heavy atom. The number of para-hydroxylation sites is 1. The fraction of sp³-hybridized carbons (Fsp3) is 0.385. The Bertz CT molecular complexity index is 1470. The van der Waals surface area contributed by atoms with Gasteiger partial charge in [-0.3, -0.25) is 14.6 Å². The maximum absolute atomic E-state index is 13.4. The van der Waals surface area contributed by atoms with E-state index in [9.17, 15) is 9.59 Å². The van der Waals surface area contributed by atoms with Gasteiger partial charge in [-0.15, -0.1) is 0 Å². The van der Waals surface area contributed by atoms with Crippen molar-refractivity contribution in [2.75, 3.05) is 13.1 Å². The molecule has 34 heavy (non-hydrogen) atoms. The van der Waals surface area contributed by atoms with Gasteiger partial charge in [0.2, 0.25) is 5.95 Å². The van der Waals surface area contributed by atoms with Gasteiger partial charge in [0.15, 0.2) is 0 Å². The van der Waals surface area contributed by atoms with Crippen molar-refractivity contribution in [2.24, 2.45) is 7.05 Å². The number of benzene rings is 1. The number of aryl methyl sites for hydroxylation is 2. The number of nitrogens with zero attached hydrogens (tertiary/aromatic N) is 5. The zero-order valence-corrected chi connectivity index (χ0v) is 19.5. The summed E-state index contributed by atoms with van der Waals surface area (Å²) < 4.78 is 3.77. The fourth-order valence-electron chi connectivity index (χ4n) is 5.62. The van der Waals surface area contributed by atoms with Crippen LogP contribution in [0.4, 0.5) is 0 Å². The second kappa shape index (κ2) is 7.97. The van der Waals surface area contributed by atoms with Crippen molar-refractivity contribution in [1.82, 2.24) is 29.2 Å². The van der Waals surface area contributed by atoms with Crippen molar-refractivity contribution in [3.63, 3.8) is 0 Å². The Balaban J connectivity index is 1.21. The molecule has 4 aromatic rings. The Morgan fingerprint density at radius 2 is 1.94 bits per heavy atom. The lowest BCUT2D eigenvalue weighted by atomic mass is 9.89. The van der Waals surface area contributed by atoms with Gasteiger partial charge in [0.05, 0.1) is 23.1 Å². The molecule has 1 saturated heterocycles. The Labute approximate surface area is 197 Å². The van der Waals surface area contributed by atoms with Crippen LogP contribution in [-0.4, -0.2) is 48.2 Å². The second-order valence-corrected chi connectivity index (χ2v) is 9.50. The molecule has 1 fully saturated rings. The van der Waals surface area contributed by atoms with Crippen LogP contribution in [0.25, 0.3) is 16.9 Å². The number of hydrogen-bond acceptors (Lipinski definition) is 4. The molecule has 0 radical (unpaired) electrons. The number of piperidine rings is 1. The molecule has 0 bridgehead atoms. The van der Waals surface area contributed by atoms with Crippen molar-refractivity contribution in [3.05, 3.63) is 75.1 Å². The van der Waals surface area contributed by atoms with Crippen LogP contribution in [0.5, 0.6) is 0 Å². The van der Waals surface area contributed by atoms with Crippen molar-refractivity contribution in [3.8, 4) is 5.95 Å². The van der Waals surface area contributed by atoms with Crippen LogP contribution in [0.2, 0.25) is 0 Å². The lowest BCUT2D eigenvalue weighted by Gasteiger charge is -2.32. The summed E-state index contributed by atoms with van der Waals surface area (Å²) >= 11 is 0. The summed E-state index contributed by atoms with van der Waals surface area (Å²) in [5.41, 5.74) is 5.40. The summed E-state index contributed by atoms with van der Waals surface area (Å²) in [5, 5.41) is 5.71. The van der Waals surface area contributed by atoms with Gasteiger partial charge >= 0.3 is 0 Å². The first kappa shape index (κ1) is 20.9. The van der Waals surface area contributed by atoms with Gasteiger partial charge in [-0.05, 0) is 56.6 Å². The van der Waals surface area contributed by atoms with Crippen LogP contribution in [0.15, 0.2) is 41.5 Å². The predicted octanol–water partition coefficient (Wildman–Crippen LogP) is 3.26. The number of aromatic amines is 1. The van der Waals surface area contributed by atoms with Crippen molar-refractivity contribution in [1.29, 1.82) is 0 Å². The molecule has 8 nitrogen and oxygen atoms in total. The molecule has 6 rings (SSSR count). The van der Waals surface area contributed by atoms with Gasteiger partial charge in [0.25, 0.3) is 11.5 Å². The number of carbonyl (C=O) groups is 1. The van der Waals surface area contributed by atoms with Crippen LogP contribution < -0.4 is 5.56 Å². The van der Waals surface area contributed by atoms with Gasteiger partial charge in [-0.1, -0.05) is 18.2 Å². The molecule has 1 amide bonds. The molecule has 1 aliphatic heterocycles. The van der Waals surface area contributed by atoms with E-state index in [4.69, 9.17) is 0 Å². The minimum Gasteiger partial charge on any atom is -0.350 e. The quantitative estimate of drug-likeness (QED) is 0.513. The largest absolute Gasteiger partial charge is 0.350 e. The lowest BCUT2D eigenvalue weighted by molar-refractivity contribution is 0.0712. The first-order valence-corrected chi connectivity index (χ1v) is 12.0. The monoisotopic (exact) mass is 456 g/mol. The summed E-state index contributed by atoms with van der Waals surface area (Å²) in [4.78, 5) is 35.2. The highest BCUT2D eigenvalue weighted by Gasteiger charge is 2.29. The molecule has 4 heterocycles. The SMILES string of the molecule is Cc1c(C(=O)N2CCC(c3cn(C)c4ccccc34)CC2)cnn1-c1nc2c(c(=O)[nH]1)CCC2. The Hall–Kier alpha value is -3.68. The van der Waals surface area contributed by atoms with Crippen LogP contribution >= 0.6 is 0 Å². The molecular weight excluding hydrogens is 428 g/mol. The van der Waals surface area contributed by atoms with Gasteiger partial charge in [0, 0.05) is 42.8 Å². The summed E-state index contributed by atoms with van der Waals surface area (Å²) in [7, 11) is 2.09. The van der Waals surface area contributed by atoms with Crippen molar-refractivity contribution in [2.45, 2.75) is 44.9 Å². The van der Waals surface area contributed by atoms with Gasteiger partial charge in [0.1, 0.15) is 0 Å². The molecule has 0 saturated carbocycles. The number of H-pyrrole nitrogens is 1. The average molecular weight is 457 g/mol. The molecule has 0 atom stereocenters. The third-order valence-electron chi connectivity index (χ3n) is 7.52. The summed E-state index contributed by atoms with van der Waals surface area (Å²) in [6.07, 6.45) is 8.25. The second-order valence-electron chi connectivity index (χ2n) is 9.50. The summed E-state index contributed by atoms with van der Waals surface area (Å²) in [5.74, 6) is 0.820. The molecule has 1 aliphatic carbocycles. The molecule has 2 aliphatic rings. The molecule has 1 N–H and O–H groups in total. The number of nitrogens with one attached hydrogen (secondary N) is 1. The minimum atomic E-state index is -0.101. The first-order chi connectivity index (χ1) is 16.5. The highest BCUT2D eigenvalue weighted by atomic mass is 16.2. The molecular formula is C26H28N6O2. The number of hydrogen-bond donors (Lipinski definition) is 1. The van der Waals surface area contributed by atoms with Gasteiger partial charge in [-0.2, -0.15) is 5.10 Å². The van der Waals surface area contributed by atoms with Crippen LogP contribution in [0.1, 0.15) is 58.1 Å². The standard InChI is InChI=1S/C26H28N6O2/c1-16-20(14-27-32(16)26-28-22-8-5-7-19(22)24(33)29-26)25(34)31-12-10-17(11-13-31)21-15-30(2)23-9-4-3-6-18(21)23/h3-4,6,9,14-15,17H,5,7-8,10-13H2,1-2H3,(H,28,29,33). The van der Waals surface area contributed by atoms with E-state index in [1.54, 1.807) is 10.9 Å². The first-order valence-electron chi connectivity index (χ1n) is 12.0. The highest BCUT2D eigenvalue weighted by molar-refractivity contribution is 5.95. The molecule has 3 aromatic heterocycles. The van der Waals surface area contributed by atoms with E-state index < -0.39 is 0 Å². The van der Waals surface area contributed by atoms with E-state index in [2.05, 4.69) is 57.1 Å². The van der Waals surface area contributed by atoms with Crippen molar-refractivity contribution >= 4 is 16.8 Å². The normalized spacial score (nSPS) is 16.4. The molecule has 1 aromatic carbocycles. The molecule has 8 heteroatoms. The van der Waals surface area contributed by atoms with E-state index in [1.165, 1.54) is 16.5 Å². The van der Waals surface area contributed by atoms with Crippen LogP contribution in [0.3, 0.4) is 0 Å². The van der Waals surface area contributed by atoms with E-state index in [0.29, 0.717) is 36.2 Å². The number of amides is 1. The number of likely N-dealkylation sites (tertiary alicyclic amines) is 1. The van der Waals surface area contributed by atoms with E-state index in [-0.39, 0.29) is 11.5 Å². The number of fused-ring (bicyclic) bond motifs is 2. The van der Waals surface area contributed by atoms with E-state index >= 15 is 0 Å². The predicted molar refractivity (Wildman–Crippen MR) is 130 cm³/mol. The van der Waals surface area contributed by atoms with Crippen molar-refractivity contribution < 1.29 is 4.79 Å². The Morgan fingerprint density at radius 3 is 2.76 bits per heavy atom. The minimum absolute atomic E-state index is 0.0105. The van der Waals surface area contributed by atoms with Crippen LogP contribution in [-0.2, 0) is 19.9 Å². The third kappa shape index (κ3) is 3.28. The number of rotatable bonds is 3. The van der Waals surface area contributed by atoms with Crippen LogP contribution in [0, 0.1) is 6.92 Å². The zero-order valence-electron chi connectivity index (χ0n) is 19.5. The lowest BCUT2D eigenvalue weighted by Crippen LogP contribution is -2.38. The summed E-state index contributed by atoms with van der Waals surface area (Å²) in [6, 6.07) is 8.51. The Kier molecular flexibility index (Phi) is 4.90. The molecule has 0 unspecified atom stereocenters. The maximum Gasteiger partial charge on any atom is 0.257 e. The van der Waals surface area contributed by atoms with Gasteiger partial charge in [-0.25, -0.2) is 9.67 Å². The van der Waals surface area contributed by atoms with E-state index in [0.717, 1.165) is 43.4 Å². The third-order valence-corrected chi connectivity index (χ3v) is 7.52. The molecule has 0 spiro atoms. The maximum atomic E-state index is 13.4. The number of aromatic nitrogens is 5. The van der Waals surface area contributed by atoms with E-state index in [1.807, 2.05) is 11.8 Å². The molecule has 174 valence electrons. The average Bonchev–Trinajstić information content (AvgIpc) is 3.56. The smallest absolute Gasteiger partial charge is 0.257 e. The summed E-state index contributed by atoms with van der Waals surface area (Å²) in [6.45, 7) is 3.28. The van der Waals surface area contributed by atoms with Gasteiger partial charge < -0.3 is 9.47 Å². The highest BCUT2D eigenvalue weighted by Crippen LogP contribution is 2.34. The zero-order chi connectivity index (χ0) is 23.4. The fourth-order valence-corrected chi connectivity index (χ4v) is 5.62. The topological polar surface area (TPSA) is 88.8 Å².